The molecular formula is C11H24O2Si. The zero-order valence-corrected chi connectivity index (χ0v) is 11.2. The van der Waals surface area contributed by atoms with E-state index >= 15 is 0 Å². The highest BCUT2D eigenvalue weighted by Crippen LogP contribution is 2.20. The summed E-state index contributed by atoms with van der Waals surface area (Å²) in [7, 11) is -1.10. The van der Waals surface area contributed by atoms with Gasteiger partial charge in [-0.3, -0.25) is 0 Å². The lowest BCUT2D eigenvalue weighted by Crippen LogP contribution is -2.27. The van der Waals surface area contributed by atoms with Gasteiger partial charge in [-0.05, 0) is 25.5 Å². The molecule has 0 aliphatic carbocycles. The van der Waals surface area contributed by atoms with Crippen LogP contribution in [-0.2, 0) is 9.47 Å². The molecule has 0 aromatic carbocycles. The molecule has 0 unspecified atom stereocenters. The fourth-order valence-corrected chi connectivity index (χ4v) is 2.88. The van der Waals surface area contributed by atoms with E-state index < -0.39 is 8.07 Å². The third-order valence-electron chi connectivity index (χ3n) is 1.73. The molecule has 0 aliphatic heterocycles. The lowest BCUT2D eigenvalue weighted by molar-refractivity contribution is -0.111. The van der Waals surface area contributed by atoms with Crippen LogP contribution in [0.2, 0.25) is 25.7 Å². The van der Waals surface area contributed by atoms with Crippen molar-refractivity contribution >= 4 is 8.07 Å². The number of hydrogen-bond acceptors (Lipinski definition) is 2. The second kappa shape index (κ2) is 6.38. The van der Waals surface area contributed by atoms with Crippen LogP contribution in [0, 0.1) is 0 Å². The topological polar surface area (TPSA) is 18.5 Å². The van der Waals surface area contributed by atoms with Crippen LogP contribution in [0.4, 0.5) is 0 Å². The van der Waals surface area contributed by atoms with Gasteiger partial charge in [0.15, 0.2) is 6.29 Å². The highest BCUT2D eigenvalue weighted by molar-refractivity contribution is 6.76. The maximum Gasteiger partial charge on any atom is 0.179 e. The predicted octanol–water partition coefficient (Wildman–Crippen LogP) is 3.28. The molecule has 0 aromatic heterocycles. The molecule has 0 fully saturated rings. The van der Waals surface area contributed by atoms with E-state index in [1.807, 2.05) is 13.8 Å². The molecule has 0 atom stereocenters. The highest BCUT2D eigenvalue weighted by Gasteiger charge is 2.20. The maximum absolute atomic E-state index is 5.49. The molecule has 0 aliphatic rings. The first-order valence-electron chi connectivity index (χ1n) is 5.31. The first-order chi connectivity index (χ1) is 6.40. The van der Waals surface area contributed by atoms with Crippen molar-refractivity contribution in [2.45, 2.75) is 45.8 Å². The summed E-state index contributed by atoms with van der Waals surface area (Å²) in [4.78, 5) is 0. The van der Waals surface area contributed by atoms with Crippen LogP contribution in [0.3, 0.4) is 0 Å². The Morgan fingerprint density at radius 2 is 1.57 bits per heavy atom. The molecular weight excluding hydrogens is 192 g/mol. The molecule has 84 valence electrons. The van der Waals surface area contributed by atoms with Gasteiger partial charge >= 0.3 is 0 Å². The van der Waals surface area contributed by atoms with Crippen molar-refractivity contribution in [3.63, 3.8) is 0 Å². The van der Waals surface area contributed by atoms with Crippen molar-refractivity contribution in [3.8, 4) is 0 Å². The van der Waals surface area contributed by atoms with Crippen molar-refractivity contribution in [1.29, 1.82) is 0 Å². The minimum Gasteiger partial charge on any atom is -0.349 e. The quantitative estimate of drug-likeness (QED) is 0.369. The summed E-state index contributed by atoms with van der Waals surface area (Å²) in [6.45, 7) is 16.4. The molecule has 14 heavy (non-hydrogen) atoms. The number of rotatable bonds is 7. The van der Waals surface area contributed by atoms with Gasteiger partial charge in [-0.25, -0.2) is 0 Å². The summed E-state index contributed by atoms with van der Waals surface area (Å²) in [5, 5.41) is 0. The average molecular weight is 216 g/mol. The summed E-state index contributed by atoms with van der Waals surface area (Å²) in [6, 6.07) is 1.07. The fraction of sp³-hybridized carbons (Fsp3) is 0.818. The minimum absolute atomic E-state index is 0.197. The van der Waals surface area contributed by atoms with Crippen LogP contribution in [-0.4, -0.2) is 27.6 Å². The zero-order valence-electron chi connectivity index (χ0n) is 10.2. The van der Waals surface area contributed by atoms with E-state index in [4.69, 9.17) is 9.47 Å². The molecule has 0 N–H and O–H groups in total. The SMILES string of the molecule is C=C(C[Si](C)(C)C)C(OCC)OCC. The normalized spacial score (nSPS) is 12.1. The first kappa shape index (κ1) is 13.9. The molecule has 0 amide bonds. The summed E-state index contributed by atoms with van der Waals surface area (Å²) in [5.41, 5.74) is 1.09. The van der Waals surface area contributed by atoms with E-state index in [1.54, 1.807) is 0 Å². The van der Waals surface area contributed by atoms with Gasteiger partial charge in [-0.15, -0.1) is 0 Å². The van der Waals surface area contributed by atoms with Crippen LogP contribution >= 0.6 is 0 Å². The summed E-state index contributed by atoms with van der Waals surface area (Å²) >= 11 is 0. The lowest BCUT2D eigenvalue weighted by atomic mass is 10.3. The predicted molar refractivity (Wildman–Crippen MR) is 64.3 cm³/mol. The molecule has 0 radical (unpaired) electrons. The summed E-state index contributed by atoms with van der Waals surface area (Å²) in [6.07, 6.45) is -0.197. The Labute approximate surface area is 89.3 Å². The molecule has 0 saturated carbocycles. The van der Waals surface area contributed by atoms with Crippen molar-refractivity contribution < 1.29 is 9.47 Å². The van der Waals surface area contributed by atoms with E-state index in [-0.39, 0.29) is 6.29 Å². The van der Waals surface area contributed by atoms with E-state index in [0.29, 0.717) is 13.2 Å². The Kier molecular flexibility index (Phi) is 6.32. The second-order valence-corrected chi connectivity index (χ2v) is 10.1. The van der Waals surface area contributed by atoms with Crippen molar-refractivity contribution in [2.75, 3.05) is 13.2 Å². The van der Waals surface area contributed by atoms with E-state index in [2.05, 4.69) is 26.2 Å². The monoisotopic (exact) mass is 216 g/mol. The number of ether oxygens (including phenoxy) is 2. The van der Waals surface area contributed by atoms with Crippen LogP contribution in [0.5, 0.6) is 0 Å². The fourth-order valence-electron chi connectivity index (χ4n) is 1.35. The van der Waals surface area contributed by atoms with Gasteiger partial charge in [0, 0.05) is 21.3 Å². The van der Waals surface area contributed by atoms with E-state index in [9.17, 15) is 0 Å². The molecule has 3 heteroatoms. The largest absolute Gasteiger partial charge is 0.349 e. The van der Waals surface area contributed by atoms with Crippen LogP contribution in [0.1, 0.15) is 13.8 Å². The number of hydrogen-bond donors (Lipinski definition) is 0. The highest BCUT2D eigenvalue weighted by atomic mass is 28.3. The Bertz CT molecular complexity index is 167. The van der Waals surface area contributed by atoms with Gasteiger partial charge in [-0.2, -0.15) is 0 Å². The van der Waals surface area contributed by atoms with Gasteiger partial charge in [0.25, 0.3) is 0 Å². The van der Waals surface area contributed by atoms with Crippen molar-refractivity contribution in [1.82, 2.24) is 0 Å². The molecule has 2 nitrogen and oxygen atoms in total. The van der Waals surface area contributed by atoms with Gasteiger partial charge in [0.2, 0.25) is 0 Å². The van der Waals surface area contributed by atoms with E-state index in [0.717, 1.165) is 11.6 Å². The zero-order chi connectivity index (χ0) is 11.2. The second-order valence-electron chi connectivity index (χ2n) is 4.64. The molecule has 0 rings (SSSR count). The lowest BCUT2D eigenvalue weighted by Gasteiger charge is -2.24. The van der Waals surface area contributed by atoms with Gasteiger partial charge in [0.1, 0.15) is 0 Å². The van der Waals surface area contributed by atoms with E-state index in [1.165, 1.54) is 0 Å². The molecule has 0 bridgehead atoms. The smallest absolute Gasteiger partial charge is 0.179 e. The third-order valence-corrected chi connectivity index (χ3v) is 3.24. The summed E-state index contributed by atoms with van der Waals surface area (Å²) in [5.74, 6) is 0. The van der Waals surface area contributed by atoms with Gasteiger partial charge in [-0.1, -0.05) is 26.2 Å². The van der Waals surface area contributed by atoms with Crippen LogP contribution in [0.25, 0.3) is 0 Å². The molecule has 0 spiro atoms. The Hall–Kier alpha value is -0.123. The van der Waals surface area contributed by atoms with Gasteiger partial charge < -0.3 is 9.47 Å². The van der Waals surface area contributed by atoms with Crippen LogP contribution in [0.15, 0.2) is 12.2 Å². The van der Waals surface area contributed by atoms with Crippen molar-refractivity contribution in [3.05, 3.63) is 12.2 Å². The minimum atomic E-state index is -1.10. The third kappa shape index (κ3) is 6.35. The van der Waals surface area contributed by atoms with Crippen molar-refractivity contribution in [2.24, 2.45) is 0 Å². The van der Waals surface area contributed by atoms with Crippen LogP contribution < -0.4 is 0 Å². The maximum atomic E-state index is 5.49. The Morgan fingerprint density at radius 1 is 1.14 bits per heavy atom. The summed E-state index contributed by atoms with van der Waals surface area (Å²) < 4.78 is 11.0. The Balaban J connectivity index is 4.14. The average Bonchev–Trinajstić information content (AvgIpc) is 2.01. The first-order valence-corrected chi connectivity index (χ1v) is 9.02. The standard InChI is InChI=1S/C11H24O2Si/c1-7-12-11(13-8-2)10(3)9-14(4,5)6/h11H,3,7-9H2,1-2,4-6H3. The molecule has 0 heterocycles. The molecule has 0 saturated heterocycles. The van der Waals surface area contributed by atoms with Gasteiger partial charge in [0.05, 0.1) is 0 Å². The molecule has 0 aromatic rings. The Morgan fingerprint density at radius 3 is 1.86 bits per heavy atom.